The fourth-order valence-corrected chi connectivity index (χ4v) is 4.56. The highest BCUT2D eigenvalue weighted by atomic mass is 19.4. The summed E-state index contributed by atoms with van der Waals surface area (Å²) in [7, 11) is 1.55. The summed E-state index contributed by atoms with van der Waals surface area (Å²) in [5, 5.41) is 15.7. The van der Waals surface area contributed by atoms with E-state index < -0.39 is 16.7 Å². The van der Waals surface area contributed by atoms with Crippen LogP contribution in [0, 0.1) is 10.1 Å². The van der Waals surface area contributed by atoms with Crippen LogP contribution in [0.5, 0.6) is 5.75 Å². The SMILES string of the molecule is COc1ccc(-n2nc(-c3ccc([N+](=O)[O-])cc3)cc2C(=O)N2CCN(c3cccc(C(F)(F)F)c3)CC2)cc1. The average Bonchev–Trinajstić information content (AvgIpc) is 3.42. The Morgan fingerprint density at radius 3 is 2.20 bits per heavy atom. The number of hydrogen-bond donors (Lipinski definition) is 0. The van der Waals surface area contributed by atoms with Crippen molar-refractivity contribution >= 4 is 17.3 Å². The molecule has 40 heavy (non-hydrogen) atoms. The zero-order valence-corrected chi connectivity index (χ0v) is 21.3. The molecule has 1 aromatic heterocycles. The van der Waals surface area contributed by atoms with Crippen molar-refractivity contribution in [3.8, 4) is 22.7 Å². The molecule has 1 amide bonds. The molecule has 0 spiro atoms. The lowest BCUT2D eigenvalue weighted by Crippen LogP contribution is -2.49. The number of carbonyl (C=O) groups excluding carboxylic acids is 1. The van der Waals surface area contributed by atoms with Crippen molar-refractivity contribution in [2.75, 3.05) is 38.2 Å². The fraction of sp³-hybridized carbons (Fsp3) is 0.214. The number of nitro benzene ring substituents is 1. The number of nitro groups is 1. The lowest BCUT2D eigenvalue weighted by atomic mass is 10.1. The Kier molecular flexibility index (Phi) is 7.16. The number of anilines is 1. The van der Waals surface area contributed by atoms with E-state index in [1.165, 1.54) is 22.9 Å². The Balaban J connectivity index is 1.41. The van der Waals surface area contributed by atoms with E-state index in [1.54, 1.807) is 60.5 Å². The van der Waals surface area contributed by atoms with Gasteiger partial charge in [-0.3, -0.25) is 14.9 Å². The minimum absolute atomic E-state index is 0.0618. The first-order chi connectivity index (χ1) is 19.1. The summed E-state index contributed by atoms with van der Waals surface area (Å²) in [5.74, 6) is 0.338. The smallest absolute Gasteiger partial charge is 0.416 e. The molecule has 0 N–H and O–H groups in total. The normalized spacial score (nSPS) is 13.8. The predicted octanol–water partition coefficient (Wildman–Crippen LogP) is 5.44. The maximum absolute atomic E-state index is 13.7. The number of ether oxygens (including phenoxy) is 1. The van der Waals surface area contributed by atoms with E-state index in [0.717, 1.165) is 12.1 Å². The van der Waals surface area contributed by atoms with Crippen LogP contribution in [0.3, 0.4) is 0 Å². The van der Waals surface area contributed by atoms with Crippen molar-refractivity contribution in [2.45, 2.75) is 6.18 Å². The molecule has 3 aromatic carbocycles. The van der Waals surface area contributed by atoms with Gasteiger partial charge in [-0.1, -0.05) is 6.07 Å². The van der Waals surface area contributed by atoms with Crippen LogP contribution in [-0.4, -0.2) is 58.8 Å². The van der Waals surface area contributed by atoms with Gasteiger partial charge in [-0.2, -0.15) is 18.3 Å². The Labute approximate surface area is 227 Å². The standard InChI is InChI=1S/C28H24F3N5O4/c1-40-24-11-9-21(10-12-24)35-26(18-25(32-35)19-5-7-22(8-6-19)36(38)39)27(37)34-15-13-33(14-16-34)23-4-2-3-20(17-23)28(29,30)31/h2-12,17-18H,13-16H2,1H3. The molecule has 9 nitrogen and oxygen atoms in total. The third kappa shape index (κ3) is 5.46. The number of hydrogen-bond acceptors (Lipinski definition) is 6. The van der Waals surface area contributed by atoms with Gasteiger partial charge in [0.15, 0.2) is 0 Å². The third-order valence-electron chi connectivity index (χ3n) is 6.72. The number of halogens is 3. The molecule has 4 aromatic rings. The number of rotatable bonds is 6. The van der Waals surface area contributed by atoms with Crippen molar-refractivity contribution < 1.29 is 27.6 Å². The van der Waals surface area contributed by atoms with E-state index in [0.29, 0.717) is 54.6 Å². The van der Waals surface area contributed by atoms with Crippen LogP contribution < -0.4 is 9.64 Å². The Bertz CT molecular complexity index is 1530. The molecule has 1 fully saturated rings. The van der Waals surface area contributed by atoms with E-state index >= 15 is 0 Å². The summed E-state index contributed by atoms with van der Waals surface area (Å²) in [6.45, 7) is 1.32. The molecule has 0 unspecified atom stereocenters. The topological polar surface area (TPSA) is 93.7 Å². The van der Waals surface area contributed by atoms with Crippen molar-refractivity contribution in [1.82, 2.24) is 14.7 Å². The first-order valence-corrected chi connectivity index (χ1v) is 12.3. The second kappa shape index (κ2) is 10.7. The van der Waals surface area contributed by atoms with E-state index in [4.69, 9.17) is 4.74 Å². The van der Waals surface area contributed by atoms with Gasteiger partial charge in [-0.15, -0.1) is 0 Å². The van der Waals surface area contributed by atoms with Gasteiger partial charge in [-0.25, -0.2) is 4.68 Å². The molecule has 2 heterocycles. The molecule has 5 rings (SSSR count). The maximum atomic E-state index is 13.7. The summed E-state index contributed by atoms with van der Waals surface area (Å²) in [4.78, 5) is 27.7. The van der Waals surface area contributed by atoms with Gasteiger partial charge in [0, 0.05) is 49.6 Å². The number of alkyl halides is 3. The zero-order valence-electron chi connectivity index (χ0n) is 21.3. The van der Waals surface area contributed by atoms with Crippen molar-refractivity contribution in [3.63, 3.8) is 0 Å². The zero-order chi connectivity index (χ0) is 28.4. The number of nitrogens with zero attached hydrogens (tertiary/aromatic N) is 5. The second-order valence-corrected chi connectivity index (χ2v) is 9.16. The fourth-order valence-electron chi connectivity index (χ4n) is 4.56. The van der Waals surface area contributed by atoms with Crippen LogP contribution in [0.25, 0.3) is 16.9 Å². The molecular formula is C28H24F3N5O4. The minimum atomic E-state index is -4.44. The molecule has 0 bridgehead atoms. The minimum Gasteiger partial charge on any atom is -0.497 e. The summed E-state index contributed by atoms with van der Waals surface area (Å²) < 4.78 is 46.3. The van der Waals surface area contributed by atoms with Crippen LogP contribution in [0.2, 0.25) is 0 Å². The maximum Gasteiger partial charge on any atom is 0.416 e. The van der Waals surface area contributed by atoms with Gasteiger partial charge in [0.05, 0.1) is 29.0 Å². The molecule has 12 heteroatoms. The molecular weight excluding hydrogens is 527 g/mol. The van der Waals surface area contributed by atoms with Gasteiger partial charge in [-0.05, 0) is 60.7 Å². The largest absolute Gasteiger partial charge is 0.497 e. The van der Waals surface area contributed by atoms with Crippen LogP contribution in [0.1, 0.15) is 16.1 Å². The summed E-state index contributed by atoms with van der Waals surface area (Å²) in [6.07, 6.45) is -4.44. The first kappa shape index (κ1) is 26.7. The Morgan fingerprint density at radius 1 is 0.925 bits per heavy atom. The first-order valence-electron chi connectivity index (χ1n) is 12.3. The summed E-state index contributed by atoms with van der Waals surface area (Å²) in [5.41, 5.74) is 1.62. The summed E-state index contributed by atoms with van der Waals surface area (Å²) >= 11 is 0. The number of methoxy groups -OCH3 is 1. The van der Waals surface area contributed by atoms with Crippen LogP contribution >= 0.6 is 0 Å². The number of carbonyl (C=O) groups is 1. The van der Waals surface area contributed by atoms with Gasteiger partial charge >= 0.3 is 6.18 Å². The van der Waals surface area contributed by atoms with E-state index in [2.05, 4.69) is 5.10 Å². The van der Waals surface area contributed by atoms with Gasteiger partial charge in [0.25, 0.3) is 11.6 Å². The molecule has 1 aliphatic rings. The highest BCUT2D eigenvalue weighted by Gasteiger charge is 2.32. The quantitative estimate of drug-likeness (QED) is 0.234. The number of amides is 1. The molecule has 0 atom stereocenters. The monoisotopic (exact) mass is 551 g/mol. The van der Waals surface area contributed by atoms with Gasteiger partial charge < -0.3 is 14.5 Å². The third-order valence-corrected chi connectivity index (χ3v) is 6.72. The van der Waals surface area contributed by atoms with Crippen molar-refractivity contribution in [1.29, 1.82) is 0 Å². The van der Waals surface area contributed by atoms with E-state index in [1.807, 2.05) is 4.90 Å². The van der Waals surface area contributed by atoms with Crippen molar-refractivity contribution in [3.05, 3.63) is 100 Å². The number of benzene rings is 3. The van der Waals surface area contributed by atoms with Crippen molar-refractivity contribution in [2.24, 2.45) is 0 Å². The highest BCUT2D eigenvalue weighted by Crippen LogP contribution is 2.32. The number of aromatic nitrogens is 2. The lowest BCUT2D eigenvalue weighted by Gasteiger charge is -2.36. The molecule has 0 radical (unpaired) electrons. The number of non-ortho nitro benzene ring substituents is 1. The second-order valence-electron chi connectivity index (χ2n) is 9.16. The van der Waals surface area contributed by atoms with Gasteiger partial charge in [0.2, 0.25) is 0 Å². The lowest BCUT2D eigenvalue weighted by molar-refractivity contribution is -0.384. The highest BCUT2D eigenvalue weighted by molar-refractivity contribution is 5.94. The molecule has 0 aliphatic carbocycles. The molecule has 206 valence electrons. The van der Waals surface area contributed by atoms with Gasteiger partial charge in [0.1, 0.15) is 11.4 Å². The number of piperazine rings is 1. The molecule has 1 aliphatic heterocycles. The van der Waals surface area contributed by atoms with Crippen LogP contribution in [0.15, 0.2) is 78.9 Å². The van der Waals surface area contributed by atoms with E-state index in [-0.39, 0.29) is 17.3 Å². The molecule has 0 saturated carbocycles. The summed E-state index contributed by atoms with van der Waals surface area (Å²) in [6, 6.07) is 19.7. The van der Waals surface area contributed by atoms with Crippen LogP contribution in [0.4, 0.5) is 24.5 Å². The van der Waals surface area contributed by atoms with Crippen LogP contribution in [-0.2, 0) is 6.18 Å². The Hall–Kier alpha value is -4.87. The molecule has 1 saturated heterocycles. The van der Waals surface area contributed by atoms with E-state index in [9.17, 15) is 28.1 Å². The average molecular weight is 552 g/mol. The predicted molar refractivity (Wildman–Crippen MR) is 142 cm³/mol. The Morgan fingerprint density at radius 2 is 1.60 bits per heavy atom.